The van der Waals surface area contributed by atoms with E-state index in [4.69, 9.17) is 11.6 Å². The smallest absolute Gasteiger partial charge is 0.311 e. The summed E-state index contributed by atoms with van der Waals surface area (Å²) in [5.41, 5.74) is -0.224. The van der Waals surface area contributed by atoms with Gasteiger partial charge in [-0.3, -0.25) is 14.4 Å². The van der Waals surface area contributed by atoms with Gasteiger partial charge >= 0.3 is 5.97 Å². The maximum atomic E-state index is 12.5. The van der Waals surface area contributed by atoms with Crippen LogP contribution in [-0.4, -0.2) is 29.4 Å². The van der Waals surface area contributed by atoms with Crippen LogP contribution in [0.5, 0.6) is 0 Å². The number of amides is 2. The highest BCUT2D eigenvalue weighted by atomic mass is 35.5. The highest BCUT2D eigenvalue weighted by molar-refractivity contribution is 6.34. The monoisotopic (exact) mass is 380 g/mol. The van der Waals surface area contributed by atoms with Gasteiger partial charge < -0.3 is 15.7 Å². The van der Waals surface area contributed by atoms with E-state index in [2.05, 4.69) is 10.6 Å². The van der Waals surface area contributed by atoms with Crippen molar-refractivity contribution >= 4 is 35.1 Å². The Morgan fingerprint density at radius 3 is 2.42 bits per heavy atom. The lowest BCUT2D eigenvalue weighted by Gasteiger charge is -2.33. The molecule has 1 aromatic rings. The Hall–Kier alpha value is -2.08. The van der Waals surface area contributed by atoms with E-state index in [1.54, 1.807) is 26.0 Å². The maximum Gasteiger partial charge on any atom is 0.311 e. The Morgan fingerprint density at radius 2 is 1.85 bits per heavy atom. The SMILES string of the molecule is CC(C)C(=O)Nc1ccc(Cl)c(C(=O)NCC2(C(=O)O)CCCCC2)c1. The summed E-state index contributed by atoms with van der Waals surface area (Å²) in [5, 5.41) is 15.3. The minimum Gasteiger partial charge on any atom is -0.481 e. The van der Waals surface area contributed by atoms with Crippen LogP contribution in [0.25, 0.3) is 0 Å². The minimum atomic E-state index is -0.913. The fourth-order valence-corrected chi connectivity index (χ4v) is 3.31. The van der Waals surface area contributed by atoms with E-state index in [-0.39, 0.29) is 29.0 Å². The average molecular weight is 381 g/mol. The predicted octanol–water partition coefficient (Wildman–Crippen LogP) is 3.70. The minimum absolute atomic E-state index is 0.0695. The van der Waals surface area contributed by atoms with Crippen molar-refractivity contribution in [3.63, 3.8) is 0 Å². The van der Waals surface area contributed by atoms with Gasteiger partial charge in [-0.25, -0.2) is 0 Å². The number of anilines is 1. The first-order valence-corrected chi connectivity index (χ1v) is 9.25. The van der Waals surface area contributed by atoms with Crippen LogP contribution in [0.15, 0.2) is 18.2 Å². The fourth-order valence-electron chi connectivity index (χ4n) is 3.10. The molecule has 1 saturated carbocycles. The molecular weight excluding hydrogens is 356 g/mol. The van der Waals surface area contributed by atoms with Gasteiger partial charge in [0.2, 0.25) is 5.91 Å². The number of aliphatic carboxylic acids is 1. The summed E-state index contributed by atoms with van der Waals surface area (Å²) in [6.07, 6.45) is 3.83. The van der Waals surface area contributed by atoms with Crippen LogP contribution in [-0.2, 0) is 9.59 Å². The molecular formula is C19H25ClN2O4. The second-order valence-corrected chi connectivity index (χ2v) is 7.57. The van der Waals surface area contributed by atoms with E-state index in [1.807, 2.05) is 0 Å². The zero-order valence-electron chi connectivity index (χ0n) is 15.1. The molecule has 0 bridgehead atoms. The molecule has 1 aliphatic rings. The number of carbonyl (C=O) groups is 3. The second-order valence-electron chi connectivity index (χ2n) is 7.17. The molecule has 26 heavy (non-hydrogen) atoms. The van der Waals surface area contributed by atoms with Gasteiger partial charge in [0.05, 0.1) is 16.0 Å². The molecule has 1 aliphatic carbocycles. The quantitative estimate of drug-likeness (QED) is 0.701. The van der Waals surface area contributed by atoms with E-state index >= 15 is 0 Å². The summed E-state index contributed by atoms with van der Waals surface area (Å²) in [6, 6.07) is 4.67. The lowest BCUT2D eigenvalue weighted by molar-refractivity contribution is -0.150. The molecule has 0 aliphatic heterocycles. The van der Waals surface area contributed by atoms with Gasteiger partial charge in [0.15, 0.2) is 0 Å². The first-order valence-electron chi connectivity index (χ1n) is 8.87. The molecule has 7 heteroatoms. The van der Waals surface area contributed by atoms with Crippen LogP contribution in [0, 0.1) is 11.3 Å². The Balaban J connectivity index is 2.11. The van der Waals surface area contributed by atoms with Crippen LogP contribution in [0.1, 0.15) is 56.3 Å². The summed E-state index contributed by atoms with van der Waals surface area (Å²) in [6.45, 7) is 3.61. The van der Waals surface area contributed by atoms with Crippen molar-refractivity contribution in [2.45, 2.75) is 46.0 Å². The summed E-state index contributed by atoms with van der Waals surface area (Å²) in [5.74, 6) is -1.67. The zero-order chi connectivity index (χ0) is 19.3. The first kappa shape index (κ1) is 20.2. The summed E-state index contributed by atoms with van der Waals surface area (Å²) in [7, 11) is 0. The molecule has 0 radical (unpaired) electrons. The number of hydrogen-bond donors (Lipinski definition) is 3. The van der Waals surface area contributed by atoms with Crippen LogP contribution in [0.3, 0.4) is 0 Å². The molecule has 0 heterocycles. The van der Waals surface area contributed by atoms with Crippen molar-refractivity contribution < 1.29 is 19.5 Å². The third kappa shape index (κ3) is 4.75. The molecule has 1 fully saturated rings. The molecule has 2 amide bonds. The van der Waals surface area contributed by atoms with E-state index < -0.39 is 17.3 Å². The molecule has 0 aromatic heterocycles. The summed E-state index contributed by atoms with van der Waals surface area (Å²) < 4.78 is 0. The molecule has 1 aromatic carbocycles. The van der Waals surface area contributed by atoms with Crippen molar-refractivity contribution in [2.75, 3.05) is 11.9 Å². The largest absolute Gasteiger partial charge is 0.481 e. The van der Waals surface area contributed by atoms with Gasteiger partial charge in [0, 0.05) is 18.2 Å². The number of benzene rings is 1. The maximum absolute atomic E-state index is 12.5. The number of halogens is 1. The Bertz CT molecular complexity index is 697. The molecule has 6 nitrogen and oxygen atoms in total. The number of carboxylic acid groups (broad SMARTS) is 1. The zero-order valence-corrected chi connectivity index (χ0v) is 15.9. The predicted molar refractivity (Wildman–Crippen MR) is 100 cm³/mol. The molecule has 0 unspecified atom stereocenters. The summed E-state index contributed by atoms with van der Waals surface area (Å²) in [4.78, 5) is 36.1. The number of rotatable bonds is 6. The van der Waals surface area contributed by atoms with E-state index in [0.29, 0.717) is 18.5 Å². The molecule has 2 rings (SSSR count). The van der Waals surface area contributed by atoms with Crippen molar-refractivity contribution in [2.24, 2.45) is 11.3 Å². The Labute approximate surface area is 158 Å². The normalized spacial score (nSPS) is 16.2. The third-order valence-electron chi connectivity index (χ3n) is 4.85. The van der Waals surface area contributed by atoms with Crippen molar-refractivity contribution in [1.82, 2.24) is 5.32 Å². The van der Waals surface area contributed by atoms with Crippen LogP contribution in [0.2, 0.25) is 5.02 Å². The molecule has 0 spiro atoms. The molecule has 0 atom stereocenters. The van der Waals surface area contributed by atoms with Crippen molar-refractivity contribution in [3.8, 4) is 0 Å². The van der Waals surface area contributed by atoms with Crippen LogP contribution < -0.4 is 10.6 Å². The van der Waals surface area contributed by atoms with E-state index in [1.165, 1.54) is 6.07 Å². The molecule has 3 N–H and O–H groups in total. The van der Waals surface area contributed by atoms with Crippen molar-refractivity contribution in [3.05, 3.63) is 28.8 Å². The van der Waals surface area contributed by atoms with E-state index in [0.717, 1.165) is 19.3 Å². The standard InChI is InChI=1S/C19H25ClN2O4/c1-12(2)16(23)22-13-6-7-15(20)14(10-13)17(24)21-11-19(18(25)26)8-4-3-5-9-19/h6-7,10,12H,3-5,8-9,11H2,1-2H3,(H,21,24)(H,22,23)(H,25,26). The first-order chi connectivity index (χ1) is 12.2. The Morgan fingerprint density at radius 1 is 1.19 bits per heavy atom. The van der Waals surface area contributed by atoms with Crippen molar-refractivity contribution in [1.29, 1.82) is 0 Å². The van der Waals surface area contributed by atoms with Gasteiger partial charge in [0.1, 0.15) is 0 Å². The van der Waals surface area contributed by atoms with Gasteiger partial charge in [-0.1, -0.05) is 44.7 Å². The van der Waals surface area contributed by atoms with Gasteiger partial charge in [0.25, 0.3) is 5.91 Å². The number of carbonyl (C=O) groups excluding carboxylic acids is 2. The average Bonchev–Trinajstić information content (AvgIpc) is 2.61. The molecule has 0 saturated heterocycles. The highest BCUT2D eigenvalue weighted by Crippen LogP contribution is 2.36. The lowest BCUT2D eigenvalue weighted by atomic mass is 9.74. The molecule has 142 valence electrons. The summed E-state index contributed by atoms with van der Waals surface area (Å²) >= 11 is 6.12. The number of carboxylic acids is 1. The van der Waals surface area contributed by atoms with Crippen LogP contribution >= 0.6 is 11.6 Å². The number of hydrogen-bond acceptors (Lipinski definition) is 3. The highest BCUT2D eigenvalue weighted by Gasteiger charge is 2.39. The Kier molecular flexibility index (Phi) is 6.64. The third-order valence-corrected chi connectivity index (χ3v) is 5.18. The lowest BCUT2D eigenvalue weighted by Crippen LogP contribution is -2.44. The van der Waals surface area contributed by atoms with Gasteiger partial charge in [-0.15, -0.1) is 0 Å². The van der Waals surface area contributed by atoms with Crippen LogP contribution in [0.4, 0.5) is 5.69 Å². The fraction of sp³-hybridized carbons (Fsp3) is 0.526. The van der Waals surface area contributed by atoms with Gasteiger partial charge in [-0.05, 0) is 31.0 Å². The van der Waals surface area contributed by atoms with Gasteiger partial charge in [-0.2, -0.15) is 0 Å². The van der Waals surface area contributed by atoms with E-state index in [9.17, 15) is 19.5 Å². The topological polar surface area (TPSA) is 95.5 Å². The number of nitrogens with one attached hydrogen (secondary N) is 2. The second kappa shape index (κ2) is 8.54.